The van der Waals surface area contributed by atoms with Gasteiger partial charge in [-0.25, -0.2) is 0 Å². The van der Waals surface area contributed by atoms with Crippen LogP contribution in [0, 0.1) is 0 Å². The van der Waals surface area contributed by atoms with Gasteiger partial charge in [-0.05, 0) is 100 Å². The zero-order valence-corrected chi connectivity index (χ0v) is 34.4. The Morgan fingerprint density at radius 1 is 0.317 bits per heavy atom. The summed E-state index contributed by atoms with van der Waals surface area (Å²) < 4.78 is 8.89. The van der Waals surface area contributed by atoms with Crippen LogP contribution in [-0.2, 0) is 0 Å². The van der Waals surface area contributed by atoms with E-state index >= 15 is 0 Å². The van der Waals surface area contributed by atoms with E-state index in [1.807, 2.05) is 6.07 Å². The van der Waals surface area contributed by atoms with Gasteiger partial charge in [-0.15, -0.1) is 0 Å². The van der Waals surface area contributed by atoms with Crippen molar-refractivity contribution in [3.63, 3.8) is 0 Å². The Labute approximate surface area is 366 Å². The Bertz CT molecular complexity index is 3590. The summed E-state index contributed by atoms with van der Waals surface area (Å²) in [6.07, 6.45) is 0. The molecule has 2 aromatic heterocycles. The quantitative estimate of drug-likeness (QED) is 0.153. The minimum absolute atomic E-state index is 0.888. The van der Waals surface area contributed by atoms with E-state index in [0.29, 0.717) is 0 Å². The Hall–Kier alpha value is -8.40. The molecule has 63 heavy (non-hydrogen) atoms. The molecule has 296 valence electrons. The lowest BCUT2D eigenvalue weighted by atomic mass is 9.99. The molecule has 0 fully saturated rings. The molecule has 0 radical (unpaired) electrons. The van der Waals surface area contributed by atoms with Crippen molar-refractivity contribution < 1.29 is 4.42 Å². The highest BCUT2D eigenvalue weighted by molar-refractivity contribution is 6.11. The van der Waals surface area contributed by atoms with Crippen LogP contribution < -0.4 is 4.90 Å². The second kappa shape index (κ2) is 15.3. The fourth-order valence-corrected chi connectivity index (χ4v) is 9.39. The first-order valence-corrected chi connectivity index (χ1v) is 21.5. The van der Waals surface area contributed by atoms with Crippen molar-refractivity contribution in [2.24, 2.45) is 0 Å². The van der Waals surface area contributed by atoms with Crippen LogP contribution in [0.5, 0.6) is 0 Å². The third kappa shape index (κ3) is 6.38. The molecule has 0 amide bonds. The second-order valence-corrected chi connectivity index (χ2v) is 16.1. The highest BCUT2D eigenvalue weighted by Crippen LogP contribution is 2.43. The van der Waals surface area contributed by atoms with Crippen molar-refractivity contribution in [2.75, 3.05) is 4.90 Å². The number of aromatic nitrogens is 1. The Morgan fingerprint density at radius 2 is 0.841 bits per heavy atom. The minimum atomic E-state index is 0.888. The second-order valence-electron chi connectivity index (χ2n) is 16.1. The summed E-state index contributed by atoms with van der Waals surface area (Å²) in [6.45, 7) is 0. The maximum atomic E-state index is 6.51. The van der Waals surface area contributed by atoms with Crippen LogP contribution in [0.1, 0.15) is 0 Å². The van der Waals surface area contributed by atoms with Crippen LogP contribution in [0.25, 0.3) is 93.9 Å². The number of fused-ring (bicyclic) bond motifs is 6. The largest absolute Gasteiger partial charge is 0.455 e. The fourth-order valence-electron chi connectivity index (χ4n) is 9.39. The molecule has 2 heterocycles. The summed E-state index contributed by atoms with van der Waals surface area (Å²) in [5.74, 6) is 0. The predicted octanol–water partition coefficient (Wildman–Crippen LogP) is 16.8. The van der Waals surface area contributed by atoms with Gasteiger partial charge in [-0.2, -0.15) is 0 Å². The molecule has 0 saturated heterocycles. The standard InChI is InChI=1S/C60H40N2O/c1-4-15-43(16-5-1)50-21-10-12-25-56(50)61(48-33-27-41(28-34-48)45-32-38-59-55(39-45)54-24-14-23-51(60(54)63-59)44-17-6-2-7-18-44)49-35-29-42(30-36-49)46-31-37-53-52-22-11-13-26-57(52)62(58(53)40-46)47-19-8-3-9-20-47/h1-40H. The van der Waals surface area contributed by atoms with Crippen LogP contribution in [0.15, 0.2) is 247 Å². The number of nitrogens with zero attached hydrogens (tertiary/aromatic N) is 2. The van der Waals surface area contributed by atoms with Crippen LogP contribution in [0.2, 0.25) is 0 Å². The fraction of sp³-hybridized carbons (Fsp3) is 0. The summed E-state index contributed by atoms with van der Waals surface area (Å²) in [7, 11) is 0. The zero-order valence-electron chi connectivity index (χ0n) is 34.4. The first kappa shape index (κ1) is 36.5. The van der Waals surface area contributed by atoms with Crippen LogP contribution in [-0.4, -0.2) is 4.57 Å². The van der Waals surface area contributed by atoms with Gasteiger partial charge in [0.25, 0.3) is 0 Å². The SMILES string of the molecule is c1ccc(-c2ccccc2N(c2ccc(-c3ccc4oc5c(-c6ccccc6)cccc5c4c3)cc2)c2ccc(-c3ccc4c5ccccc5n(-c5ccccc5)c4c3)cc2)cc1. The van der Waals surface area contributed by atoms with E-state index in [4.69, 9.17) is 4.42 Å². The van der Waals surface area contributed by atoms with Gasteiger partial charge in [-0.1, -0.05) is 176 Å². The van der Waals surface area contributed by atoms with Gasteiger partial charge < -0.3 is 13.9 Å². The summed E-state index contributed by atoms with van der Waals surface area (Å²) >= 11 is 0. The third-order valence-corrected chi connectivity index (χ3v) is 12.4. The summed E-state index contributed by atoms with van der Waals surface area (Å²) in [5.41, 5.74) is 17.8. The molecule has 12 aromatic rings. The van der Waals surface area contributed by atoms with E-state index in [1.165, 1.54) is 32.9 Å². The van der Waals surface area contributed by atoms with Crippen molar-refractivity contribution >= 4 is 60.8 Å². The molecule has 0 aliphatic heterocycles. The molecule has 0 atom stereocenters. The van der Waals surface area contributed by atoms with Gasteiger partial charge in [0.05, 0.1) is 16.7 Å². The van der Waals surface area contributed by atoms with Crippen LogP contribution >= 0.6 is 0 Å². The minimum Gasteiger partial charge on any atom is -0.455 e. The number of benzene rings is 10. The Morgan fingerprint density at radius 3 is 1.56 bits per heavy atom. The molecular weight excluding hydrogens is 765 g/mol. The molecule has 3 nitrogen and oxygen atoms in total. The molecule has 0 saturated carbocycles. The molecule has 10 aromatic carbocycles. The highest BCUT2D eigenvalue weighted by atomic mass is 16.3. The lowest BCUT2D eigenvalue weighted by Gasteiger charge is -2.28. The molecule has 0 aliphatic rings. The number of para-hydroxylation sites is 4. The molecule has 0 bridgehead atoms. The smallest absolute Gasteiger partial charge is 0.143 e. The van der Waals surface area contributed by atoms with E-state index in [0.717, 1.165) is 78.1 Å². The summed E-state index contributed by atoms with van der Waals surface area (Å²) in [5, 5.41) is 4.74. The Balaban J connectivity index is 0.939. The van der Waals surface area contributed by atoms with Crippen molar-refractivity contribution in [2.45, 2.75) is 0 Å². The number of furan rings is 1. The topological polar surface area (TPSA) is 21.3 Å². The third-order valence-electron chi connectivity index (χ3n) is 12.4. The highest BCUT2D eigenvalue weighted by Gasteiger charge is 2.19. The zero-order chi connectivity index (χ0) is 41.7. The number of hydrogen-bond donors (Lipinski definition) is 0. The number of anilines is 3. The van der Waals surface area contributed by atoms with E-state index in [9.17, 15) is 0 Å². The van der Waals surface area contributed by atoms with E-state index in [-0.39, 0.29) is 0 Å². The van der Waals surface area contributed by atoms with Gasteiger partial charge in [0, 0.05) is 49.7 Å². The summed E-state index contributed by atoms with van der Waals surface area (Å²) in [6, 6.07) is 87.0. The van der Waals surface area contributed by atoms with E-state index in [1.54, 1.807) is 0 Å². The molecule has 0 N–H and O–H groups in total. The van der Waals surface area contributed by atoms with Crippen molar-refractivity contribution in [3.8, 4) is 50.2 Å². The first-order chi connectivity index (χ1) is 31.2. The average Bonchev–Trinajstić information content (AvgIpc) is 3.91. The van der Waals surface area contributed by atoms with Gasteiger partial charge in [0.1, 0.15) is 11.2 Å². The monoisotopic (exact) mass is 804 g/mol. The van der Waals surface area contributed by atoms with Gasteiger partial charge in [-0.3, -0.25) is 0 Å². The molecule has 3 heteroatoms. The van der Waals surface area contributed by atoms with E-state index < -0.39 is 0 Å². The van der Waals surface area contributed by atoms with Gasteiger partial charge in [0.2, 0.25) is 0 Å². The first-order valence-electron chi connectivity index (χ1n) is 21.5. The Kier molecular flexibility index (Phi) is 8.83. The number of rotatable bonds is 8. The molecule has 0 unspecified atom stereocenters. The van der Waals surface area contributed by atoms with Crippen LogP contribution in [0.3, 0.4) is 0 Å². The molecular formula is C60H40N2O. The summed E-state index contributed by atoms with van der Waals surface area (Å²) in [4.78, 5) is 2.38. The lowest BCUT2D eigenvalue weighted by Crippen LogP contribution is -2.11. The maximum Gasteiger partial charge on any atom is 0.143 e. The number of hydrogen-bond acceptors (Lipinski definition) is 2. The molecule has 0 spiro atoms. The van der Waals surface area contributed by atoms with Crippen molar-refractivity contribution in [3.05, 3.63) is 243 Å². The molecule has 0 aliphatic carbocycles. The van der Waals surface area contributed by atoms with Crippen LogP contribution in [0.4, 0.5) is 17.1 Å². The normalized spacial score (nSPS) is 11.5. The van der Waals surface area contributed by atoms with Crippen molar-refractivity contribution in [1.82, 2.24) is 4.57 Å². The van der Waals surface area contributed by atoms with Gasteiger partial charge >= 0.3 is 0 Å². The lowest BCUT2D eigenvalue weighted by molar-refractivity contribution is 0.670. The average molecular weight is 805 g/mol. The van der Waals surface area contributed by atoms with E-state index in [2.05, 4.69) is 246 Å². The van der Waals surface area contributed by atoms with Crippen molar-refractivity contribution in [1.29, 1.82) is 0 Å². The maximum absolute atomic E-state index is 6.51. The predicted molar refractivity (Wildman–Crippen MR) is 264 cm³/mol. The molecule has 12 rings (SSSR count). The van der Waals surface area contributed by atoms with Gasteiger partial charge in [0.15, 0.2) is 0 Å².